The van der Waals surface area contributed by atoms with Crippen LogP contribution >= 0.6 is 0 Å². The first-order valence-corrected chi connectivity index (χ1v) is 6.99. The monoisotopic (exact) mass is 249 g/mol. The molecule has 2 atom stereocenters. The highest BCUT2D eigenvalue weighted by Gasteiger charge is 2.24. The maximum Gasteiger partial charge on any atom is 0.214 e. The highest BCUT2D eigenvalue weighted by atomic mass is 32.2. The fourth-order valence-corrected chi connectivity index (χ4v) is 3.29. The van der Waals surface area contributed by atoms with Gasteiger partial charge in [-0.25, -0.2) is 13.1 Å². The summed E-state index contributed by atoms with van der Waals surface area (Å²) in [6, 6.07) is -0.344. The van der Waals surface area contributed by atoms with Crippen molar-refractivity contribution in [2.75, 3.05) is 12.4 Å². The summed E-state index contributed by atoms with van der Waals surface area (Å²) < 4.78 is 31.1. The lowest BCUT2D eigenvalue weighted by molar-refractivity contribution is 0.127. The summed E-state index contributed by atoms with van der Waals surface area (Å²) >= 11 is 0. The molecule has 0 aromatic heterocycles. The average Bonchev–Trinajstić information content (AvgIpc) is 2.51. The largest absolute Gasteiger partial charge is 0.388 e. The number of hydrogen-bond acceptors (Lipinski definition) is 4. The van der Waals surface area contributed by atoms with Crippen molar-refractivity contribution in [3.05, 3.63) is 0 Å². The molecule has 0 amide bonds. The Kier molecular flexibility index (Phi) is 4.69. The van der Waals surface area contributed by atoms with E-state index in [0.29, 0.717) is 6.61 Å². The van der Waals surface area contributed by atoms with E-state index in [1.54, 1.807) is 6.92 Å². The molecule has 2 unspecified atom stereocenters. The van der Waals surface area contributed by atoms with Crippen LogP contribution in [-0.4, -0.2) is 38.8 Å². The summed E-state index contributed by atoms with van der Waals surface area (Å²) in [6.45, 7) is 2.33. The smallest absolute Gasteiger partial charge is 0.214 e. The Morgan fingerprint density at radius 3 is 2.88 bits per heavy atom. The normalized spacial score (nSPS) is 23.2. The van der Waals surface area contributed by atoms with Crippen molar-refractivity contribution in [1.82, 2.24) is 4.72 Å². The molecule has 7 heteroatoms. The van der Waals surface area contributed by atoms with E-state index < -0.39 is 10.0 Å². The lowest BCUT2D eigenvalue weighted by Crippen LogP contribution is -2.39. The predicted molar refractivity (Wildman–Crippen MR) is 61.9 cm³/mol. The van der Waals surface area contributed by atoms with E-state index >= 15 is 0 Å². The molecule has 0 aliphatic carbocycles. The molecule has 4 N–H and O–H groups in total. The van der Waals surface area contributed by atoms with E-state index in [-0.39, 0.29) is 30.2 Å². The van der Waals surface area contributed by atoms with Crippen LogP contribution in [0.25, 0.3) is 0 Å². The first-order valence-electron chi connectivity index (χ1n) is 5.33. The predicted octanol–water partition coefficient (Wildman–Crippen LogP) is -0.201. The minimum atomic E-state index is -3.34. The Bertz CT molecular complexity index is 336. The second-order valence-corrected chi connectivity index (χ2v) is 5.96. The van der Waals surface area contributed by atoms with Crippen LogP contribution in [0.15, 0.2) is 0 Å². The van der Waals surface area contributed by atoms with Gasteiger partial charge in [0.05, 0.1) is 17.7 Å². The van der Waals surface area contributed by atoms with Crippen LogP contribution in [0.3, 0.4) is 0 Å². The maximum absolute atomic E-state index is 11.7. The van der Waals surface area contributed by atoms with Gasteiger partial charge in [-0.3, -0.25) is 5.41 Å². The zero-order valence-electron chi connectivity index (χ0n) is 9.40. The van der Waals surface area contributed by atoms with Gasteiger partial charge in [-0.15, -0.1) is 0 Å². The molecule has 1 saturated heterocycles. The highest BCUT2D eigenvalue weighted by molar-refractivity contribution is 7.89. The SMILES string of the molecule is CC(CC(=N)N)NS(=O)(=O)CC1CCCO1. The van der Waals surface area contributed by atoms with Crippen LogP contribution < -0.4 is 10.5 Å². The Morgan fingerprint density at radius 2 is 2.38 bits per heavy atom. The molecular weight excluding hydrogens is 230 g/mol. The average molecular weight is 249 g/mol. The van der Waals surface area contributed by atoms with Gasteiger partial charge in [-0.1, -0.05) is 0 Å². The number of rotatable bonds is 6. The van der Waals surface area contributed by atoms with Crippen LogP contribution in [0, 0.1) is 5.41 Å². The first kappa shape index (κ1) is 13.4. The Morgan fingerprint density at radius 1 is 1.69 bits per heavy atom. The van der Waals surface area contributed by atoms with Crippen LogP contribution in [0.4, 0.5) is 0 Å². The number of amidine groups is 1. The molecule has 94 valence electrons. The minimum absolute atomic E-state index is 0.00472. The van der Waals surface area contributed by atoms with Gasteiger partial charge in [-0.2, -0.15) is 0 Å². The van der Waals surface area contributed by atoms with Crippen molar-refractivity contribution in [1.29, 1.82) is 5.41 Å². The molecular formula is C9H19N3O3S. The van der Waals surface area contributed by atoms with Gasteiger partial charge in [0.1, 0.15) is 0 Å². The van der Waals surface area contributed by atoms with Gasteiger partial charge in [0.2, 0.25) is 10.0 Å². The van der Waals surface area contributed by atoms with E-state index in [9.17, 15) is 8.42 Å². The van der Waals surface area contributed by atoms with E-state index in [1.165, 1.54) is 0 Å². The molecule has 0 aromatic carbocycles. The topological polar surface area (TPSA) is 105 Å². The third-order valence-electron chi connectivity index (χ3n) is 2.34. The van der Waals surface area contributed by atoms with Crippen molar-refractivity contribution in [2.45, 2.75) is 38.3 Å². The summed E-state index contributed by atoms with van der Waals surface area (Å²) in [6.07, 6.45) is 1.75. The number of hydrogen-bond donors (Lipinski definition) is 3. The second kappa shape index (κ2) is 5.60. The highest BCUT2D eigenvalue weighted by Crippen LogP contribution is 2.13. The summed E-state index contributed by atoms with van der Waals surface area (Å²) in [5.74, 6) is -0.0257. The van der Waals surface area contributed by atoms with Crippen LogP contribution in [0.1, 0.15) is 26.2 Å². The standard InChI is InChI=1S/C9H19N3O3S/c1-7(5-9(10)11)12-16(13,14)6-8-3-2-4-15-8/h7-8,12H,2-6H2,1H3,(H3,10,11). The molecule has 1 fully saturated rings. The summed E-state index contributed by atoms with van der Waals surface area (Å²) in [4.78, 5) is 0. The second-order valence-electron chi connectivity index (χ2n) is 4.16. The molecule has 0 aromatic rings. The van der Waals surface area contributed by atoms with Crippen molar-refractivity contribution >= 4 is 15.9 Å². The van der Waals surface area contributed by atoms with E-state index in [2.05, 4.69) is 4.72 Å². The van der Waals surface area contributed by atoms with Crippen molar-refractivity contribution < 1.29 is 13.2 Å². The summed E-state index contributed by atoms with van der Waals surface area (Å²) in [7, 11) is -3.34. The number of sulfonamides is 1. The van der Waals surface area contributed by atoms with Gasteiger partial charge in [-0.05, 0) is 19.8 Å². The third-order valence-corrected chi connectivity index (χ3v) is 3.91. The Labute approximate surface area is 96.1 Å². The van der Waals surface area contributed by atoms with Gasteiger partial charge in [0.15, 0.2) is 0 Å². The Balaban J connectivity index is 2.41. The minimum Gasteiger partial charge on any atom is -0.388 e. The molecule has 0 radical (unpaired) electrons. The summed E-state index contributed by atoms with van der Waals surface area (Å²) in [5.41, 5.74) is 5.20. The van der Waals surface area contributed by atoms with Gasteiger partial charge in [0.25, 0.3) is 0 Å². The van der Waals surface area contributed by atoms with Gasteiger partial charge in [0, 0.05) is 19.1 Å². The quantitative estimate of drug-likeness (QED) is 0.447. The first-order chi connectivity index (χ1) is 7.39. The van der Waals surface area contributed by atoms with Gasteiger partial charge >= 0.3 is 0 Å². The Hall–Kier alpha value is -0.660. The molecule has 0 spiro atoms. The third kappa shape index (κ3) is 4.91. The van der Waals surface area contributed by atoms with Crippen LogP contribution in [0.5, 0.6) is 0 Å². The lowest BCUT2D eigenvalue weighted by atomic mass is 10.2. The maximum atomic E-state index is 11.7. The molecule has 16 heavy (non-hydrogen) atoms. The van der Waals surface area contributed by atoms with E-state index in [4.69, 9.17) is 15.9 Å². The molecule has 1 aliphatic rings. The lowest BCUT2D eigenvalue weighted by Gasteiger charge is -2.15. The van der Waals surface area contributed by atoms with Crippen molar-refractivity contribution in [3.63, 3.8) is 0 Å². The fraction of sp³-hybridized carbons (Fsp3) is 0.889. The zero-order valence-corrected chi connectivity index (χ0v) is 10.2. The summed E-state index contributed by atoms with van der Waals surface area (Å²) in [5, 5.41) is 7.07. The number of ether oxygens (including phenoxy) is 1. The number of nitrogens with two attached hydrogens (primary N) is 1. The van der Waals surface area contributed by atoms with Crippen LogP contribution in [0.2, 0.25) is 0 Å². The van der Waals surface area contributed by atoms with Gasteiger partial charge < -0.3 is 10.5 Å². The molecule has 1 heterocycles. The van der Waals surface area contributed by atoms with Crippen molar-refractivity contribution in [3.8, 4) is 0 Å². The van der Waals surface area contributed by atoms with E-state index in [1.807, 2.05) is 0 Å². The molecule has 0 bridgehead atoms. The molecule has 1 rings (SSSR count). The molecule has 1 aliphatic heterocycles. The number of nitrogens with one attached hydrogen (secondary N) is 2. The van der Waals surface area contributed by atoms with Crippen molar-refractivity contribution in [2.24, 2.45) is 5.73 Å². The van der Waals surface area contributed by atoms with E-state index in [0.717, 1.165) is 12.8 Å². The zero-order chi connectivity index (χ0) is 12.2. The fourth-order valence-electron chi connectivity index (χ4n) is 1.75. The molecule has 6 nitrogen and oxygen atoms in total. The van der Waals surface area contributed by atoms with Crippen LogP contribution in [-0.2, 0) is 14.8 Å². The molecule has 0 saturated carbocycles.